The van der Waals surface area contributed by atoms with Gasteiger partial charge >= 0.3 is 0 Å². The van der Waals surface area contributed by atoms with Gasteiger partial charge in [-0.3, -0.25) is 4.79 Å². The summed E-state index contributed by atoms with van der Waals surface area (Å²) in [5.74, 6) is -1.07. The second kappa shape index (κ2) is 7.72. The maximum atomic E-state index is 13.4. The Morgan fingerprint density at radius 1 is 1.09 bits per heavy atom. The van der Waals surface area contributed by atoms with Crippen LogP contribution >= 0.6 is 0 Å². The standard InChI is InChI=1S/C18H19F2NO2/c1-12(2)18(13-7-9-14(19)10-8-13)21-17(22)11-23-16-6-4-3-5-15(16)20/h3-10,12,18H,11H2,1-2H3,(H,21,22)/t18-/m0/s1. The molecular weight excluding hydrogens is 300 g/mol. The summed E-state index contributed by atoms with van der Waals surface area (Å²) in [5.41, 5.74) is 0.806. The number of carbonyl (C=O) groups excluding carboxylic acids is 1. The summed E-state index contributed by atoms with van der Waals surface area (Å²) in [6.45, 7) is 3.61. The van der Waals surface area contributed by atoms with E-state index in [4.69, 9.17) is 4.74 Å². The fourth-order valence-corrected chi connectivity index (χ4v) is 2.23. The Morgan fingerprint density at radius 2 is 1.74 bits per heavy atom. The predicted octanol–water partition coefficient (Wildman–Crippen LogP) is 3.86. The third-order valence-corrected chi connectivity index (χ3v) is 3.41. The number of benzene rings is 2. The molecule has 1 amide bonds. The van der Waals surface area contributed by atoms with Gasteiger partial charge in [0.15, 0.2) is 18.2 Å². The van der Waals surface area contributed by atoms with Crippen LogP contribution in [-0.4, -0.2) is 12.5 Å². The lowest BCUT2D eigenvalue weighted by Gasteiger charge is -2.23. The molecule has 0 aromatic heterocycles. The number of halogens is 2. The fraction of sp³-hybridized carbons (Fsp3) is 0.278. The average molecular weight is 319 g/mol. The van der Waals surface area contributed by atoms with E-state index in [1.165, 1.54) is 24.3 Å². The molecule has 0 saturated carbocycles. The van der Waals surface area contributed by atoms with Crippen molar-refractivity contribution < 1.29 is 18.3 Å². The van der Waals surface area contributed by atoms with Crippen LogP contribution in [0.1, 0.15) is 25.5 Å². The van der Waals surface area contributed by atoms with Crippen molar-refractivity contribution in [3.05, 3.63) is 65.7 Å². The van der Waals surface area contributed by atoms with E-state index in [2.05, 4.69) is 5.32 Å². The second-order valence-electron chi connectivity index (χ2n) is 5.56. The van der Waals surface area contributed by atoms with E-state index in [0.29, 0.717) is 0 Å². The van der Waals surface area contributed by atoms with Gasteiger partial charge in [0.05, 0.1) is 6.04 Å². The molecule has 0 aliphatic carbocycles. The lowest BCUT2D eigenvalue weighted by molar-refractivity contribution is -0.124. The van der Waals surface area contributed by atoms with Crippen molar-refractivity contribution in [3.8, 4) is 5.75 Å². The molecular formula is C18H19F2NO2. The minimum atomic E-state index is -0.515. The average Bonchev–Trinajstić information content (AvgIpc) is 2.52. The van der Waals surface area contributed by atoms with Gasteiger partial charge < -0.3 is 10.1 Å². The molecule has 0 fully saturated rings. The number of ether oxygens (including phenoxy) is 1. The first-order chi connectivity index (χ1) is 11.0. The van der Waals surface area contributed by atoms with Crippen LogP contribution in [0.4, 0.5) is 8.78 Å². The molecule has 0 radical (unpaired) electrons. The maximum absolute atomic E-state index is 13.4. The second-order valence-corrected chi connectivity index (χ2v) is 5.56. The number of carbonyl (C=O) groups is 1. The molecule has 0 spiro atoms. The van der Waals surface area contributed by atoms with Crippen molar-refractivity contribution in [2.24, 2.45) is 5.92 Å². The summed E-state index contributed by atoms with van der Waals surface area (Å²) in [5, 5.41) is 2.83. The molecule has 0 heterocycles. The monoisotopic (exact) mass is 319 g/mol. The summed E-state index contributed by atoms with van der Waals surface area (Å²) >= 11 is 0. The molecule has 1 atom stereocenters. The van der Waals surface area contributed by atoms with Gasteiger partial charge in [0.25, 0.3) is 5.91 Å². The Kier molecular flexibility index (Phi) is 5.68. The Labute approximate surface area is 134 Å². The molecule has 2 aromatic carbocycles. The van der Waals surface area contributed by atoms with E-state index in [1.54, 1.807) is 24.3 Å². The van der Waals surface area contributed by atoms with Gasteiger partial charge in [-0.05, 0) is 35.7 Å². The van der Waals surface area contributed by atoms with Crippen LogP contribution < -0.4 is 10.1 Å². The first kappa shape index (κ1) is 16.9. The maximum Gasteiger partial charge on any atom is 0.258 e. The number of nitrogens with one attached hydrogen (secondary N) is 1. The third kappa shape index (κ3) is 4.77. The fourth-order valence-electron chi connectivity index (χ4n) is 2.23. The van der Waals surface area contributed by atoms with Gasteiger partial charge in [-0.15, -0.1) is 0 Å². The van der Waals surface area contributed by atoms with Gasteiger partial charge in [0, 0.05) is 0 Å². The Balaban J connectivity index is 1.98. The van der Waals surface area contributed by atoms with Crippen molar-refractivity contribution in [1.82, 2.24) is 5.32 Å². The first-order valence-corrected chi connectivity index (χ1v) is 7.39. The topological polar surface area (TPSA) is 38.3 Å². The molecule has 122 valence electrons. The lowest BCUT2D eigenvalue weighted by atomic mass is 9.96. The Hall–Kier alpha value is -2.43. The Bertz CT molecular complexity index is 656. The number of amides is 1. The molecule has 0 unspecified atom stereocenters. The van der Waals surface area contributed by atoms with Crippen molar-refractivity contribution in [2.75, 3.05) is 6.61 Å². The summed E-state index contributed by atoms with van der Waals surface area (Å²) in [4.78, 5) is 12.1. The highest BCUT2D eigenvalue weighted by Gasteiger charge is 2.19. The highest BCUT2D eigenvalue weighted by molar-refractivity contribution is 5.78. The van der Waals surface area contributed by atoms with Crippen LogP contribution in [-0.2, 0) is 4.79 Å². The van der Waals surface area contributed by atoms with Crippen LogP contribution in [0.5, 0.6) is 5.75 Å². The largest absolute Gasteiger partial charge is 0.481 e. The zero-order valence-corrected chi connectivity index (χ0v) is 13.1. The number of hydrogen-bond donors (Lipinski definition) is 1. The molecule has 2 rings (SSSR count). The van der Waals surface area contributed by atoms with Crippen molar-refractivity contribution >= 4 is 5.91 Å². The molecule has 5 heteroatoms. The van der Waals surface area contributed by atoms with Gasteiger partial charge in [-0.25, -0.2) is 8.78 Å². The van der Waals surface area contributed by atoms with Crippen LogP contribution in [0.2, 0.25) is 0 Å². The Morgan fingerprint density at radius 3 is 2.35 bits per heavy atom. The van der Waals surface area contributed by atoms with Crippen molar-refractivity contribution in [2.45, 2.75) is 19.9 Å². The zero-order chi connectivity index (χ0) is 16.8. The SMILES string of the molecule is CC(C)[C@H](NC(=O)COc1ccccc1F)c1ccc(F)cc1. The van der Waals surface area contributed by atoms with Crippen molar-refractivity contribution in [3.63, 3.8) is 0 Å². The van der Waals surface area contributed by atoms with Crippen LogP contribution in [0, 0.1) is 17.6 Å². The smallest absolute Gasteiger partial charge is 0.258 e. The molecule has 2 aromatic rings. The summed E-state index contributed by atoms with van der Waals surface area (Å²) in [6.07, 6.45) is 0. The summed E-state index contributed by atoms with van der Waals surface area (Å²) in [7, 11) is 0. The molecule has 23 heavy (non-hydrogen) atoms. The van der Waals surface area contributed by atoms with Gasteiger partial charge in [-0.2, -0.15) is 0 Å². The highest BCUT2D eigenvalue weighted by Crippen LogP contribution is 2.22. The molecule has 0 saturated heterocycles. The summed E-state index contributed by atoms with van der Waals surface area (Å²) in [6, 6.07) is 11.6. The summed E-state index contributed by atoms with van der Waals surface area (Å²) < 4.78 is 31.6. The molecule has 1 N–H and O–H groups in total. The zero-order valence-electron chi connectivity index (χ0n) is 13.1. The van der Waals surface area contributed by atoms with Gasteiger partial charge in [-0.1, -0.05) is 38.1 Å². The van der Waals surface area contributed by atoms with Crippen LogP contribution in [0.25, 0.3) is 0 Å². The minimum Gasteiger partial charge on any atom is -0.481 e. The van der Waals surface area contributed by atoms with E-state index >= 15 is 0 Å². The normalized spacial score (nSPS) is 12.0. The minimum absolute atomic E-state index is 0.0329. The molecule has 3 nitrogen and oxygen atoms in total. The van der Waals surface area contributed by atoms with E-state index in [1.807, 2.05) is 13.8 Å². The van der Waals surface area contributed by atoms with Gasteiger partial charge in [0.2, 0.25) is 0 Å². The number of para-hydroxylation sites is 1. The van der Waals surface area contributed by atoms with E-state index < -0.39 is 5.82 Å². The van der Waals surface area contributed by atoms with Crippen molar-refractivity contribution in [1.29, 1.82) is 0 Å². The number of hydrogen-bond acceptors (Lipinski definition) is 2. The lowest BCUT2D eigenvalue weighted by Crippen LogP contribution is -2.35. The van der Waals surface area contributed by atoms with E-state index in [0.717, 1.165) is 5.56 Å². The van der Waals surface area contributed by atoms with E-state index in [-0.39, 0.29) is 36.0 Å². The third-order valence-electron chi connectivity index (χ3n) is 3.41. The first-order valence-electron chi connectivity index (χ1n) is 7.39. The predicted molar refractivity (Wildman–Crippen MR) is 84.0 cm³/mol. The quantitative estimate of drug-likeness (QED) is 0.878. The highest BCUT2D eigenvalue weighted by atomic mass is 19.1. The molecule has 0 bridgehead atoms. The van der Waals surface area contributed by atoms with Crippen LogP contribution in [0.15, 0.2) is 48.5 Å². The van der Waals surface area contributed by atoms with Crippen LogP contribution in [0.3, 0.4) is 0 Å². The molecule has 0 aliphatic heterocycles. The van der Waals surface area contributed by atoms with E-state index in [9.17, 15) is 13.6 Å². The van der Waals surface area contributed by atoms with Gasteiger partial charge in [0.1, 0.15) is 5.82 Å². The number of rotatable bonds is 6. The molecule has 0 aliphatic rings.